The Labute approximate surface area is 103 Å². The number of furan rings is 1. The minimum absolute atomic E-state index is 0.160. The lowest BCUT2D eigenvalue weighted by atomic mass is 10.4. The second kappa shape index (κ2) is 5.45. The van der Waals surface area contributed by atoms with Crippen molar-refractivity contribution in [2.75, 3.05) is 0 Å². The third-order valence-corrected chi connectivity index (χ3v) is 2.85. The predicted octanol–water partition coefficient (Wildman–Crippen LogP) is 2.37. The number of hydrogen-bond acceptors (Lipinski definition) is 4. The number of aromatic nitrogens is 1. The molecule has 0 fully saturated rings. The Kier molecular flexibility index (Phi) is 3.72. The van der Waals surface area contributed by atoms with Gasteiger partial charge in [0.05, 0.1) is 23.5 Å². The third-order valence-electron chi connectivity index (χ3n) is 2.06. The Balaban J connectivity index is 1.83. The minimum atomic E-state index is -0.160. The van der Waals surface area contributed by atoms with Crippen LogP contribution in [0.4, 0.5) is 0 Å². The molecular formula is C12H12N2O2S. The lowest BCUT2D eigenvalue weighted by molar-refractivity contribution is -0.116. The lowest BCUT2D eigenvalue weighted by Gasteiger charge is -1.97. The monoisotopic (exact) mass is 248 g/mol. The molecule has 0 saturated heterocycles. The molecule has 0 radical (unpaired) electrons. The van der Waals surface area contributed by atoms with E-state index in [0.717, 1.165) is 16.5 Å². The van der Waals surface area contributed by atoms with E-state index in [4.69, 9.17) is 4.42 Å². The first-order chi connectivity index (χ1) is 8.24. The van der Waals surface area contributed by atoms with Crippen molar-refractivity contribution in [2.45, 2.75) is 13.5 Å². The number of carbonyl (C=O) groups excluding carboxylic acids is 1. The topological polar surface area (TPSA) is 55.1 Å². The van der Waals surface area contributed by atoms with Crippen LogP contribution in [0, 0.1) is 6.92 Å². The van der Waals surface area contributed by atoms with Crippen LogP contribution >= 0.6 is 11.3 Å². The van der Waals surface area contributed by atoms with Gasteiger partial charge in [-0.05, 0) is 25.1 Å². The van der Waals surface area contributed by atoms with Crippen molar-refractivity contribution >= 4 is 23.3 Å². The van der Waals surface area contributed by atoms with Crippen LogP contribution in [0.1, 0.15) is 16.5 Å². The van der Waals surface area contributed by atoms with Crippen molar-refractivity contribution in [3.8, 4) is 0 Å². The van der Waals surface area contributed by atoms with Gasteiger partial charge in [0.25, 0.3) is 0 Å². The largest absolute Gasteiger partial charge is 0.467 e. The average molecular weight is 248 g/mol. The van der Waals surface area contributed by atoms with Gasteiger partial charge >= 0.3 is 0 Å². The SMILES string of the molecule is Cc1nc(C=CC(=O)NCc2ccco2)cs1. The van der Waals surface area contributed by atoms with Crippen LogP contribution in [-0.2, 0) is 11.3 Å². The zero-order valence-corrected chi connectivity index (χ0v) is 10.2. The lowest BCUT2D eigenvalue weighted by Crippen LogP contribution is -2.19. The summed E-state index contributed by atoms with van der Waals surface area (Å²) in [5.74, 6) is 0.573. The maximum absolute atomic E-state index is 11.5. The molecule has 4 nitrogen and oxygen atoms in total. The molecule has 0 aromatic carbocycles. The molecule has 17 heavy (non-hydrogen) atoms. The van der Waals surface area contributed by atoms with Gasteiger partial charge in [-0.2, -0.15) is 0 Å². The number of rotatable bonds is 4. The minimum Gasteiger partial charge on any atom is -0.467 e. The first kappa shape index (κ1) is 11.6. The van der Waals surface area contributed by atoms with Gasteiger partial charge in [0.2, 0.25) is 5.91 Å². The van der Waals surface area contributed by atoms with E-state index in [2.05, 4.69) is 10.3 Å². The van der Waals surface area contributed by atoms with Crippen LogP contribution in [0.2, 0.25) is 0 Å². The van der Waals surface area contributed by atoms with Crippen LogP contribution in [0.3, 0.4) is 0 Å². The molecule has 2 heterocycles. The van der Waals surface area contributed by atoms with Crippen LogP contribution in [0.15, 0.2) is 34.3 Å². The molecule has 1 amide bonds. The summed E-state index contributed by atoms with van der Waals surface area (Å²) in [5.41, 5.74) is 0.806. The number of nitrogens with zero attached hydrogens (tertiary/aromatic N) is 1. The highest BCUT2D eigenvalue weighted by atomic mass is 32.1. The molecule has 0 saturated carbocycles. The molecule has 0 aliphatic rings. The Morgan fingerprint density at radius 2 is 2.53 bits per heavy atom. The maximum Gasteiger partial charge on any atom is 0.244 e. The van der Waals surface area contributed by atoms with Gasteiger partial charge in [-0.1, -0.05) is 0 Å². The van der Waals surface area contributed by atoms with Crippen molar-refractivity contribution in [1.29, 1.82) is 0 Å². The van der Waals surface area contributed by atoms with Crippen molar-refractivity contribution in [3.05, 3.63) is 46.3 Å². The molecule has 0 aliphatic heterocycles. The summed E-state index contributed by atoms with van der Waals surface area (Å²) < 4.78 is 5.10. The molecule has 88 valence electrons. The second-order valence-electron chi connectivity index (χ2n) is 3.42. The summed E-state index contributed by atoms with van der Waals surface area (Å²) in [4.78, 5) is 15.7. The Bertz CT molecular complexity index is 514. The first-order valence-electron chi connectivity index (χ1n) is 5.14. The Morgan fingerprint density at radius 1 is 1.65 bits per heavy atom. The molecule has 0 unspecified atom stereocenters. The van der Waals surface area contributed by atoms with Gasteiger partial charge in [-0.15, -0.1) is 11.3 Å². The summed E-state index contributed by atoms with van der Waals surface area (Å²) in [7, 11) is 0. The molecule has 2 aromatic rings. The molecular weight excluding hydrogens is 236 g/mol. The highest BCUT2D eigenvalue weighted by Gasteiger charge is 1.99. The van der Waals surface area contributed by atoms with Crippen LogP contribution in [0.25, 0.3) is 6.08 Å². The second-order valence-corrected chi connectivity index (χ2v) is 4.48. The molecule has 5 heteroatoms. The molecule has 0 atom stereocenters. The van der Waals surface area contributed by atoms with Gasteiger partial charge in [-0.3, -0.25) is 4.79 Å². The van der Waals surface area contributed by atoms with E-state index < -0.39 is 0 Å². The molecule has 2 rings (SSSR count). The predicted molar refractivity (Wildman–Crippen MR) is 66.4 cm³/mol. The van der Waals surface area contributed by atoms with Crippen molar-refractivity contribution in [1.82, 2.24) is 10.3 Å². The normalized spacial score (nSPS) is 10.9. The Morgan fingerprint density at radius 3 is 3.18 bits per heavy atom. The van der Waals surface area contributed by atoms with E-state index in [1.54, 1.807) is 29.7 Å². The van der Waals surface area contributed by atoms with E-state index >= 15 is 0 Å². The molecule has 0 spiro atoms. The molecule has 1 N–H and O–H groups in total. The van der Waals surface area contributed by atoms with Gasteiger partial charge in [0.1, 0.15) is 5.76 Å². The number of nitrogens with one attached hydrogen (secondary N) is 1. The van der Waals surface area contributed by atoms with Gasteiger partial charge in [0.15, 0.2) is 0 Å². The zero-order valence-electron chi connectivity index (χ0n) is 9.34. The quantitative estimate of drug-likeness (QED) is 0.845. The third kappa shape index (κ3) is 3.57. The van der Waals surface area contributed by atoms with Gasteiger partial charge in [-0.25, -0.2) is 4.98 Å². The molecule has 2 aromatic heterocycles. The average Bonchev–Trinajstić information content (AvgIpc) is 2.95. The van der Waals surface area contributed by atoms with Crippen LogP contribution in [0.5, 0.6) is 0 Å². The van der Waals surface area contributed by atoms with E-state index in [1.165, 1.54) is 6.08 Å². The van der Waals surface area contributed by atoms with Crippen molar-refractivity contribution in [2.24, 2.45) is 0 Å². The number of aryl methyl sites for hydroxylation is 1. The van der Waals surface area contributed by atoms with E-state index in [1.807, 2.05) is 18.4 Å². The van der Waals surface area contributed by atoms with E-state index in [-0.39, 0.29) is 5.91 Å². The smallest absolute Gasteiger partial charge is 0.244 e. The fraction of sp³-hybridized carbons (Fsp3) is 0.167. The maximum atomic E-state index is 11.5. The number of amides is 1. The van der Waals surface area contributed by atoms with Crippen molar-refractivity contribution < 1.29 is 9.21 Å². The highest BCUT2D eigenvalue weighted by Crippen LogP contribution is 2.09. The van der Waals surface area contributed by atoms with Crippen LogP contribution < -0.4 is 5.32 Å². The fourth-order valence-corrected chi connectivity index (χ4v) is 1.84. The zero-order chi connectivity index (χ0) is 12.1. The summed E-state index contributed by atoms with van der Waals surface area (Å²) in [6.07, 6.45) is 4.74. The van der Waals surface area contributed by atoms with Gasteiger partial charge in [0, 0.05) is 11.5 Å². The summed E-state index contributed by atoms with van der Waals surface area (Å²) in [5, 5.41) is 5.61. The number of hydrogen-bond donors (Lipinski definition) is 1. The van der Waals surface area contributed by atoms with Gasteiger partial charge < -0.3 is 9.73 Å². The van der Waals surface area contributed by atoms with Crippen LogP contribution in [-0.4, -0.2) is 10.9 Å². The summed E-state index contributed by atoms with van der Waals surface area (Å²) >= 11 is 1.56. The fourth-order valence-electron chi connectivity index (χ4n) is 1.26. The standard InChI is InChI=1S/C12H12N2O2S/c1-9-14-10(8-17-9)4-5-12(15)13-7-11-3-2-6-16-11/h2-6,8H,7H2,1H3,(H,13,15). The number of thiazole rings is 1. The molecule has 0 bridgehead atoms. The van der Waals surface area contributed by atoms with E-state index in [0.29, 0.717) is 6.54 Å². The Hall–Kier alpha value is -1.88. The highest BCUT2D eigenvalue weighted by molar-refractivity contribution is 7.09. The summed E-state index contributed by atoms with van der Waals surface area (Å²) in [6.45, 7) is 2.32. The number of carbonyl (C=O) groups is 1. The summed E-state index contributed by atoms with van der Waals surface area (Å²) in [6, 6.07) is 3.60. The molecule has 0 aliphatic carbocycles. The van der Waals surface area contributed by atoms with E-state index in [9.17, 15) is 4.79 Å². The van der Waals surface area contributed by atoms with Crippen molar-refractivity contribution in [3.63, 3.8) is 0 Å². The first-order valence-corrected chi connectivity index (χ1v) is 6.02.